The van der Waals surface area contributed by atoms with Gasteiger partial charge in [-0.1, -0.05) is 97.1 Å². The van der Waals surface area contributed by atoms with Crippen molar-refractivity contribution in [1.82, 2.24) is 20.4 Å². The fourth-order valence-electron chi connectivity index (χ4n) is 6.04. The molecule has 2 N–H and O–H groups in total. The first kappa shape index (κ1) is 47.2. The first-order valence-electron chi connectivity index (χ1n) is 17.2. The number of nitrogens with one attached hydrogen (secondary N) is 2. The summed E-state index contributed by atoms with van der Waals surface area (Å²) in [5.74, 6) is 0. The van der Waals surface area contributed by atoms with Gasteiger partial charge in [0.15, 0.2) is 0 Å². The Morgan fingerprint density at radius 1 is 0.339 bits per heavy atom. The van der Waals surface area contributed by atoms with Crippen LogP contribution in [0, 0.1) is 20.5 Å². The molecule has 12 nitrogen and oxygen atoms in total. The fraction of sp³-hybridized carbons (Fsp3) is 0. The Hall–Kier alpha value is -4.48. The van der Waals surface area contributed by atoms with Crippen LogP contribution in [-0.4, -0.2) is 20.4 Å². The molecule has 0 radical (unpaired) electrons. The molecule has 6 aromatic carbocycles. The number of hydrogen-bond donors (Lipinski definition) is 2. The maximum absolute atomic E-state index is 8.49. The first-order chi connectivity index (χ1) is 27.9. The van der Waals surface area contributed by atoms with Gasteiger partial charge in [-0.05, 0) is 84.9 Å². The van der Waals surface area contributed by atoms with E-state index in [1.807, 2.05) is 24.5 Å². The van der Waals surface area contributed by atoms with Crippen molar-refractivity contribution >= 4 is 47.7 Å². The molecule has 0 aliphatic rings. The maximum Gasteiger partial charge on any atom is 2.00 e. The quantitative estimate of drug-likeness (QED) is 0.121. The van der Waals surface area contributed by atoms with Gasteiger partial charge in [0.1, 0.15) is 31.8 Å². The molecule has 2 heterocycles. The van der Waals surface area contributed by atoms with Crippen LogP contribution in [0.3, 0.4) is 0 Å². The van der Waals surface area contributed by atoms with E-state index in [9.17, 15) is 0 Å². The predicted molar refractivity (Wildman–Crippen MR) is 208 cm³/mol. The van der Waals surface area contributed by atoms with Gasteiger partial charge in [0, 0.05) is 23.5 Å². The molecule has 0 aliphatic heterocycles. The van der Waals surface area contributed by atoms with Crippen LogP contribution in [0.5, 0.6) is 0 Å². The first-order valence-corrected chi connectivity index (χ1v) is 22.7. The van der Waals surface area contributed by atoms with E-state index in [0.29, 0.717) is 0 Å². The molecule has 17 heteroatoms. The van der Waals surface area contributed by atoms with Crippen molar-refractivity contribution < 1.29 is 78.2 Å². The van der Waals surface area contributed by atoms with Crippen LogP contribution < -0.4 is 69.1 Å². The van der Waals surface area contributed by atoms with Gasteiger partial charge in [0.05, 0.1) is 27.2 Å². The number of aromatic nitrogens is 4. The van der Waals surface area contributed by atoms with Crippen LogP contribution in [0.4, 0.5) is 0 Å². The second kappa shape index (κ2) is 23.3. The third kappa shape index (κ3) is 15.6. The van der Waals surface area contributed by atoms with Crippen molar-refractivity contribution in [2.24, 2.45) is 0 Å². The predicted octanol–water partition coefficient (Wildman–Crippen LogP) is -2.38. The van der Waals surface area contributed by atoms with Gasteiger partial charge in [0.25, 0.3) is 0 Å². The Labute approximate surface area is 361 Å². The SMILES string of the molecule is [O-][Cl+3]([O-])([O-])[O-].[O-][Cl+3]([O-])([O-])[O-].[Pd+2].c1ccc([PH+](c2ccccc2)c2ccccc2-c2cc[nH]n2)cc1.c1ccc([PH+](c2ccccc2)c2ccccc2-c2cc[nH]n2)cc1. The minimum absolute atomic E-state index is 0. The van der Waals surface area contributed by atoms with Crippen molar-refractivity contribution in [3.8, 4) is 22.5 Å². The van der Waals surface area contributed by atoms with Gasteiger partial charge in [0.2, 0.25) is 0 Å². The Bertz CT molecular complexity index is 2100. The average molecular weight is 964 g/mol. The molecular weight excluding hydrogens is 928 g/mol. The third-order valence-electron chi connectivity index (χ3n) is 8.20. The van der Waals surface area contributed by atoms with Gasteiger partial charge in [-0.3, -0.25) is 10.2 Å². The van der Waals surface area contributed by atoms with E-state index in [0.717, 1.165) is 11.4 Å². The van der Waals surface area contributed by atoms with Crippen molar-refractivity contribution in [1.29, 1.82) is 0 Å². The minimum atomic E-state index is -4.94. The summed E-state index contributed by atoms with van der Waals surface area (Å²) in [5, 5.41) is 23.0. The van der Waals surface area contributed by atoms with E-state index in [-0.39, 0.29) is 20.4 Å². The Kier molecular flexibility index (Phi) is 18.7. The molecule has 0 unspecified atom stereocenters. The fourth-order valence-corrected chi connectivity index (χ4v) is 11.5. The summed E-state index contributed by atoms with van der Waals surface area (Å²) < 4.78 is 67.9. The molecule has 0 saturated heterocycles. The number of hydrogen-bond acceptors (Lipinski definition) is 10. The summed E-state index contributed by atoms with van der Waals surface area (Å²) in [6, 6.07) is 64.6. The summed E-state index contributed by atoms with van der Waals surface area (Å²) >= 11 is 0. The number of benzene rings is 6. The standard InChI is InChI=1S/2C21H17N2P.2ClHO4.Pd/c2*1-3-9-17(10-4-1)24(18-11-5-2-6-12-18)21-14-8-7-13-19(21)20-15-16-22-23-20;2*2-1(3,4)5;/h2*1-16H,(H,22,23);2*(H,2,3,4,5);/q;;;;+2. The topological polar surface area (TPSA) is 242 Å². The van der Waals surface area contributed by atoms with Crippen molar-refractivity contribution in [3.63, 3.8) is 0 Å². The molecule has 0 amide bonds. The van der Waals surface area contributed by atoms with Gasteiger partial charge >= 0.3 is 20.4 Å². The van der Waals surface area contributed by atoms with E-state index in [1.54, 1.807) is 0 Å². The second-order valence-corrected chi connectivity index (χ2v) is 18.4. The molecule has 0 atom stereocenters. The van der Waals surface area contributed by atoms with Crippen molar-refractivity contribution in [2.45, 2.75) is 0 Å². The molecule has 0 aliphatic carbocycles. The molecule has 0 fully saturated rings. The normalized spacial score (nSPS) is 10.9. The summed E-state index contributed by atoms with van der Waals surface area (Å²) in [7, 11) is -12.1. The van der Waals surface area contributed by atoms with E-state index >= 15 is 0 Å². The summed E-state index contributed by atoms with van der Waals surface area (Å²) in [6.07, 6.45) is 3.76. The summed E-state index contributed by atoms with van der Waals surface area (Å²) in [5.41, 5.74) is 4.42. The van der Waals surface area contributed by atoms with Gasteiger partial charge < -0.3 is 0 Å². The zero-order chi connectivity index (χ0) is 41.4. The monoisotopic (exact) mass is 962 g/mol. The molecule has 59 heavy (non-hydrogen) atoms. The zero-order valence-corrected chi connectivity index (χ0v) is 35.8. The Morgan fingerprint density at radius 2 is 0.576 bits per heavy atom. The van der Waals surface area contributed by atoms with Crippen LogP contribution in [0.2, 0.25) is 0 Å². The summed E-state index contributed by atoms with van der Waals surface area (Å²) in [4.78, 5) is 0. The van der Waals surface area contributed by atoms with E-state index in [2.05, 4.69) is 190 Å². The number of rotatable bonds is 8. The molecule has 0 bridgehead atoms. The molecule has 8 rings (SSSR count). The smallest absolute Gasteiger partial charge is 0.285 e. The van der Waals surface area contributed by atoms with Crippen LogP contribution in [0.25, 0.3) is 22.5 Å². The van der Waals surface area contributed by atoms with E-state index in [1.165, 1.54) is 43.0 Å². The molecular formula is C42H36Cl2N4O8P2Pd+2. The van der Waals surface area contributed by atoms with Crippen LogP contribution in [-0.2, 0) is 20.4 Å². The van der Waals surface area contributed by atoms with Crippen molar-refractivity contribution in [2.75, 3.05) is 0 Å². The zero-order valence-electron chi connectivity index (χ0n) is 30.7. The van der Waals surface area contributed by atoms with Gasteiger partial charge in [-0.2, -0.15) is 10.2 Å². The third-order valence-corrected chi connectivity index (χ3v) is 13.8. The Balaban J connectivity index is 0.000000210. The molecule has 304 valence electrons. The summed E-state index contributed by atoms with van der Waals surface area (Å²) in [6.45, 7) is 0. The van der Waals surface area contributed by atoms with Crippen LogP contribution >= 0.6 is 15.8 Å². The number of halogens is 2. The van der Waals surface area contributed by atoms with Crippen molar-refractivity contribution in [3.05, 3.63) is 194 Å². The second-order valence-electron chi connectivity index (χ2n) is 12.0. The number of H-pyrrole nitrogens is 2. The van der Waals surface area contributed by atoms with Crippen LogP contribution in [0.1, 0.15) is 0 Å². The molecule has 0 spiro atoms. The molecule has 2 aromatic heterocycles. The number of nitrogens with zero attached hydrogens (tertiary/aromatic N) is 2. The molecule has 8 aromatic rings. The van der Waals surface area contributed by atoms with E-state index in [4.69, 9.17) is 37.3 Å². The average Bonchev–Trinajstić information content (AvgIpc) is 3.96. The maximum atomic E-state index is 8.49. The minimum Gasteiger partial charge on any atom is -0.285 e. The van der Waals surface area contributed by atoms with Crippen LogP contribution in [0.15, 0.2) is 194 Å². The van der Waals surface area contributed by atoms with Gasteiger partial charge in [-0.25, -0.2) is 37.3 Å². The Morgan fingerprint density at radius 3 is 0.814 bits per heavy atom. The number of aromatic amines is 2. The molecule has 0 saturated carbocycles. The van der Waals surface area contributed by atoms with E-state index < -0.39 is 36.3 Å². The largest absolute Gasteiger partial charge is 2.00 e. The van der Waals surface area contributed by atoms with Gasteiger partial charge in [-0.15, -0.1) is 20.5 Å².